The van der Waals surface area contributed by atoms with Crippen molar-refractivity contribution in [2.45, 2.75) is 5.75 Å². The molecule has 4 heteroatoms. The molecule has 1 aromatic carbocycles. The molecule has 1 unspecified atom stereocenters. The predicted molar refractivity (Wildman–Crippen MR) is 61.3 cm³/mol. The summed E-state index contributed by atoms with van der Waals surface area (Å²) in [5, 5.41) is 4.17. The zero-order chi connectivity index (χ0) is 10.7. The first kappa shape index (κ1) is 10.1. The maximum Gasteiger partial charge on any atom is 0.0686 e. The summed E-state index contributed by atoms with van der Waals surface area (Å²) in [6, 6.07) is 9.75. The molecule has 0 spiro atoms. The summed E-state index contributed by atoms with van der Waals surface area (Å²) in [6.07, 6.45) is 5.33. The van der Waals surface area contributed by atoms with Crippen LogP contribution in [0, 0.1) is 0 Å². The van der Waals surface area contributed by atoms with Crippen molar-refractivity contribution in [3.63, 3.8) is 0 Å². The van der Waals surface area contributed by atoms with E-state index in [0.717, 1.165) is 11.3 Å². The number of rotatable bonds is 3. The van der Waals surface area contributed by atoms with Gasteiger partial charge in [-0.25, -0.2) is 4.68 Å². The molecule has 0 saturated heterocycles. The highest BCUT2D eigenvalue weighted by molar-refractivity contribution is 7.83. The van der Waals surface area contributed by atoms with Crippen LogP contribution >= 0.6 is 0 Å². The summed E-state index contributed by atoms with van der Waals surface area (Å²) >= 11 is 0. The van der Waals surface area contributed by atoms with E-state index < -0.39 is 10.8 Å². The van der Waals surface area contributed by atoms with E-state index in [4.69, 9.17) is 0 Å². The minimum atomic E-state index is -0.830. The van der Waals surface area contributed by atoms with Crippen molar-refractivity contribution in [3.05, 3.63) is 48.3 Å². The molecular formula is C11H12N2OS. The Balaban J connectivity index is 2.42. The van der Waals surface area contributed by atoms with E-state index in [9.17, 15) is 4.21 Å². The first-order valence-corrected chi connectivity index (χ1v) is 6.38. The molecule has 0 N–H and O–H groups in total. The maximum atomic E-state index is 11.2. The van der Waals surface area contributed by atoms with Gasteiger partial charge < -0.3 is 0 Å². The van der Waals surface area contributed by atoms with E-state index in [-0.39, 0.29) is 0 Å². The van der Waals surface area contributed by atoms with Gasteiger partial charge in [0.05, 0.1) is 11.4 Å². The average Bonchev–Trinajstić information content (AvgIpc) is 2.70. The Morgan fingerprint density at radius 2 is 2.13 bits per heavy atom. The molecule has 78 valence electrons. The minimum Gasteiger partial charge on any atom is -0.260 e. The van der Waals surface area contributed by atoms with Gasteiger partial charge in [-0.05, 0) is 17.7 Å². The number of hydrogen-bond donors (Lipinski definition) is 0. The Bertz CT molecular complexity index is 465. The Morgan fingerprint density at radius 1 is 1.33 bits per heavy atom. The Kier molecular flexibility index (Phi) is 2.97. The first-order chi connectivity index (χ1) is 7.27. The van der Waals surface area contributed by atoms with Gasteiger partial charge in [-0.3, -0.25) is 4.21 Å². The fraction of sp³-hybridized carbons (Fsp3) is 0.182. The summed E-state index contributed by atoms with van der Waals surface area (Å²) < 4.78 is 13.0. The van der Waals surface area contributed by atoms with Crippen molar-refractivity contribution in [2.24, 2.45) is 0 Å². The van der Waals surface area contributed by atoms with E-state index in [1.807, 2.05) is 36.5 Å². The van der Waals surface area contributed by atoms with Gasteiger partial charge in [-0.15, -0.1) is 0 Å². The van der Waals surface area contributed by atoms with E-state index in [1.54, 1.807) is 17.1 Å². The normalized spacial score (nSPS) is 12.6. The van der Waals surface area contributed by atoms with Crippen LogP contribution in [-0.2, 0) is 16.6 Å². The highest BCUT2D eigenvalue weighted by Gasteiger charge is 2.04. The lowest BCUT2D eigenvalue weighted by molar-refractivity contribution is 0.686. The molecule has 1 heterocycles. The van der Waals surface area contributed by atoms with Gasteiger partial charge in [0.2, 0.25) is 0 Å². The summed E-state index contributed by atoms with van der Waals surface area (Å²) in [6.45, 7) is 0. The SMILES string of the molecule is CS(=O)Cc1ccccc1-n1cccn1. The van der Waals surface area contributed by atoms with Crippen molar-refractivity contribution in [1.82, 2.24) is 9.78 Å². The van der Waals surface area contributed by atoms with E-state index in [2.05, 4.69) is 5.10 Å². The van der Waals surface area contributed by atoms with Gasteiger partial charge in [0, 0.05) is 29.4 Å². The summed E-state index contributed by atoms with van der Waals surface area (Å²) in [5.41, 5.74) is 2.06. The van der Waals surface area contributed by atoms with Gasteiger partial charge in [0.15, 0.2) is 0 Å². The Morgan fingerprint density at radius 3 is 2.80 bits per heavy atom. The maximum absolute atomic E-state index is 11.2. The minimum absolute atomic E-state index is 0.566. The average molecular weight is 220 g/mol. The van der Waals surface area contributed by atoms with Crippen LogP contribution in [0.3, 0.4) is 0 Å². The zero-order valence-electron chi connectivity index (χ0n) is 8.46. The zero-order valence-corrected chi connectivity index (χ0v) is 9.28. The second-order valence-corrected chi connectivity index (χ2v) is 4.73. The van der Waals surface area contributed by atoms with Gasteiger partial charge >= 0.3 is 0 Å². The molecular weight excluding hydrogens is 208 g/mol. The molecule has 0 aliphatic rings. The van der Waals surface area contributed by atoms with Crippen LogP contribution in [0.5, 0.6) is 0 Å². The molecule has 0 fully saturated rings. The summed E-state index contributed by atoms with van der Waals surface area (Å²) in [4.78, 5) is 0. The number of para-hydroxylation sites is 1. The quantitative estimate of drug-likeness (QED) is 0.790. The van der Waals surface area contributed by atoms with Crippen LogP contribution < -0.4 is 0 Å². The highest BCUT2D eigenvalue weighted by Crippen LogP contribution is 2.14. The van der Waals surface area contributed by atoms with Gasteiger partial charge in [0.25, 0.3) is 0 Å². The predicted octanol–water partition coefficient (Wildman–Crippen LogP) is 1.75. The standard InChI is InChI=1S/C11H12N2OS/c1-15(14)9-10-5-2-3-6-11(10)13-8-4-7-12-13/h2-8H,9H2,1H3. The van der Waals surface area contributed by atoms with E-state index in [1.165, 1.54) is 0 Å². The van der Waals surface area contributed by atoms with Crippen LogP contribution in [0.1, 0.15) is 5.56 Å². The molecule has 1 aromatic heterocycles. The fourth-order valence-electron chi connectivity index (χ4n) is 1.49. The van der Waals surface area contributed by atoms with Crippen molar-refractivity contribution in [1.29, 1.82) is 0 Å². The molecule has 1 atom stereocenters. The molecule has 0 radical (unpaired) electrons. The summed E-state index contributed by atoms with van der Waals surface area (Å²) in [7, 11) is -0.830. The van der Waals surface area contributed by atoms with E-state index >= 15 is 0 Å². The largest absolute Gasteiger partial charge is 0.260 e. The third-order valence-electron chi connectivity index (χ3n) is 2.10. The monoisotopic (exact) mass is 220 g/mol. The van der Waals surface area contributed by atoms with Crippen LogP contribution in [0.4, 0.5) is 0 Å². The smallest absolute Gasteiger partial charge is 0.0686 e. The molecule has 15 heavy (non-hydrogen) atoms. The number of nitrogens with zero attached hydrogens (tertiary/aromatic N) is 2. The molecule has 0 saturated carbocycles. The summed E-state index contributed by atoms with van der Waals surface area (Å²) in [5.74, 6) is 0.566. The van der Waals surface area contributed by atoms with Crippen molar-refractivity contribution >= 4 is 10.8 Å². The van der Waals surface area contributed by atoms with Crippen molar-refractivity contribution in [3.8, 4) is 5.69 Å². The van der Waals surface area contributed by atoms with Crippen molar-refractivity contribution < 1.29 is 4.21 Å². The van der Waals surface area contributed by atoms with Crippen LogP contribution in [-0.4, -0.2) is 20.2 Å². The number of hydrogen-bond acceptors (Lipinski definition) is 2. The second-order valence-electron chi connectivity index (χ2n) is 3.30. The first-order valence-electron chi connectivity index (χ1n) is 4.65. The van der Waals surface area contributed by atoms with Crippen LogP contribution in [0.15, 0.2) is 42.7 Å². The van der Waals surface area contributed by atoms with Crippen molar-refractivity contribution in [2.75, 3.05) is 6.26 Å². The molecule has 3 nitrogen and oxygen atoms in total. The van der Waals surface area contributed by atoms with Gasteiger partial charge in [0.1, 0.15) is 0 Å². The van der Waals surface area contributed by atoms with Gasteiger partial charge in [-0.2, -0.15) is 5.10 Å². The Hall–Kier alpha value is -1.42. The topological polar surface area (TPSA) is 34.9 Å². The number of aromatic nitrogens is 2. The van der Waals surface area contributed by atoms with Crippen LogP contribution in [0.25, 0.3) is 5.69 Å². The Labute approximate surface area is 91.2 Å². The lowest BCUT2D eigenvalue weighted by atomic mass is 10.2. The molecule has 0 bridgehead atoms. The third-order valence-corrected chi connectivity index (χ3v) is 2.82. The lowest BCUT2D eigenvalue weighted by Gasteiger charge is -2.07. The molecule has 0 amide bonds. The molecule has 2 rings (SSSR count). The lowest BCUT2D eigenvalue weighted by Crippen LogP contribution is -2.02. The molecule has 0 aliphatic carbocycles. The van der Waals surface area contributed by atoms with Crippen LogP contribution in [0.2, 0.25) is 0 Å². The number of benzene rings is 1. The molecule has 0 aliphatic heterocycles. The second kappa shape index (κ2) is 4.40. The van der Waals surface area contributed by atoms with Gasteiger partial charge in [-0.1, -0.05) is 18.2 Å². The fourth-order valence-corrected chi connectivity index (χ4v) is 2.17. The third kappa shape index (κ3) is 2.33. The highest BCUT2D eigenvalue weighted by atomic mass is 32.2. The molecule has 2 aromatic rings. The van der Waals surface area contributed by atoms with E-state index in [0.29, 0.717) is 5.75 Å².